The van der Waals surface area contributed by atoms with Gasteiger partial charge in [0.05, 0.1) is 30.7 Å². The zero-order valence-electron chi connectivity index (χ0n) is 14.5. The Kier molecular flexibility index (Phi) is 8.21. The van der Waals surface area contributed by atoms with Crippen LogP contribution >= 0.6 is 0 Å². The minimum absolute atomic E-state index is 0.0833. The highest BCUT2D eigenvalue weighted by Crippen LogP contribution is 2.20. The number of hydrogen-bond donors (Lipinski definition) is 2. The van der Waals surface area contributed by atoms with Crippen molar-refractivity contribution in [1.82, 2.24) is 0 Å². The predicted molar refractivity (Wildman–Crippen MR) is 97.4 cm³/mol. The van der Waals surface area contributed by atoms with Crippen LogP contribution in [-0.2, 0) is 29.2 Å². The summed E-state index contributed by atoms with van der Waals surface area (Å²) in [7, 11) is -6.46. The lowest BCUT2D eigenvalue weighted by Gasteiger charge is -2.11. The number of methoxy groups -OCH3 is 1. The van der Waals surface area contributed by atoms with Crippen molar-refractivity contribution in [3.63, 3.8) is 0 Å². The molecule has 0 aromatic heterocycles. The number of rotatable bonds is 10. The van der Waals surface area contributed by atoms with Gasteiger partial charge in [0, 0.05) is 0 Å². The second-order valence-corrected chi connectivity index (χ2v) is 8.34. The molecule has 0 aliphatic heterocycles. The molecule has 0 aliphatic carbocycles. The Labute approximate surface area is 153 Å². The summed E-state index contributed by atoms with van der Waals surface area (Å²) in [4.78, 5) is 11.8. The number of nitrogens with one attached hydrogen (secondary N) is 1. The van der Waals surface area contributed by atoms with Gasteiger partial charge in [-0.2, -0.15) is 8.42 Å². The Morgan fingerprint density at radius 3 is 2.54 bits per heavy atom. The van der Waals surface area contributed by atoms with Crippen molar-refractivity contribution in [2.24, 2.45) is 5.14 Å². The Morgan fingerprint density at radius 2 is 1.92 bits per heavy atom. The average molecular weight is 406 g/mol. The van der Waals surface area contributed by atoms with Crippen LogP contribution in [0.15, 0.2) is 30.4 Å². The summed E-state index contributed by atoms with van der Waals surface area (Å²) >= 11 is 0. The van der Waals surface area contributed by atoms with Gasteiger partial charge in [-0.05, 0) is 31.9 Å². The molecule has 0 atom stereocenters. The van der Waals surface area contributed by atoms with Gasteiger partial charge in [-0.3, -0.25) is 8.91 Å². The first-order chi connectivity index (χ1) is 12.0. The maximum absolute atomic E-state index is 12.1. The van der Waals surface area contributed by atoms with Crippen LogP contribution in [0.3, 0.4) is 0 Å². The Balaban J connectivity index is 2.62. The molecule has 26 heavy (non-hydrogen) atoms. The van der Waals surface area contributed by atoms with Gasteiger partial charge in [0.15, 0.2) is 0 Å². The zero-order valence-corrected chi connectivity index (χ0v) is 16.1. The number of carbonyl (C=O) groups excluding carboxylic acids is 1. The number of hydrogen-bond acceptors (Lipinski definition) is 7. The van der Waals surface area contributed by atoms with Crippen molar-refractivity contribution in [3.8, 4) is 0 Å². The van der Waals surface area contributed by atoms with Gasteiger partial charge in [-0.15, -0.1) is 0 Å². The second kappa shape index (κ2) is 9.67. The van der Waals surface area contributed by atoms with Crippen molar-refractivity contribution >= 4 is 32.0 Å². The summed E-state index contributed by atoms with van der Waals surface area (Å²) in [5.74, 6) is -0.950. The molecule has 1 aromatic rings. The fraction of sp³-hybridized carbons (Fsp3) is 0.400. The largest absolute Gasteiger partial charge is 0.465 e. The molecule has 0 unspecified atom stereocenters. The smallest absolute Gasteiger partial charge is 0.340 e. The molecule has 0 radical (unpaired) electrons. The van der Waals surface area contributed by atoms with Gasteiger partial charge in [0.1, 0.15) is 0 Å². The van der Waals surface area contributed by atoms with Gasteiger partial charge in [0.25, 0.3) is 0 Å². The first-order valence-electron chi connectivity index (χ1n) is 7.55. The minimum atomic E-state index is -3.96. The molecule has 0 saturated heterocycles. The van der Waals surface area contributed by atoms with Crippen molar-refractivity contribution < 1.29 is 30.6 Å². The fourth-order valence-corrected chi connectivity index (χ4v) is 3.26. The first kappa shape index (κ1) is 22.1. The highest BCUT2D eigenvalue weighted by molar-refractivity contribution is 7.92. The number of sulfonamides is 1. The van der Waals surface area contributed by atoms with Crippen molar-refractivity contribution in [1.29, 1.82) is 0 Å². The number of nitrogens with two attached hydrogens (primary N) is 1. The molecule has 146 valence electrons. The molecule has 1 aromatic carbocycles. The topological polar surface area (TPSA) is 142 Å². The van der Waals surface area contributed by atoms with E-state index in [0.717, 1.165) is 5.56 Å². The number of anilines is 1. The maximum atomic E-state index is 12.1. The highest BCUT2D eigenvalue weighted by Gasteiger charge is 2.16. The molecular formula is C15H22N2O7S2. The third kappa shape index (κ3) is 8.43. The monoisotopic (exact) mass is 406 g/mol. The summed E-state index contributed by atoms with van der Waals surface area (Å²) < 4.78 is 56.7. The van der Waals surface area contributed by atoms with Crippen LogP contribution in [0.25, 0.3) is 0 Å². The number of aryl methyl sites for hydroxylation is 1. The lowest BCUT2D eigenvalue weighted by Crippen LogP contribution is -2.18. The lowest BCUT2D eigenvalue weighted by atomic mass is 10.1. The summed E-state index contributed by atoms with van der Waals surface area (Å²) in [6.07, 6.45) is 3.79. The molecule has 9 nitrogen and oxygen atoms in total. The molecule has 0 saturated carbocycles. The molecular weight excluding hydrogens is 384 g/mol. The highest BCUT2D eigenvalue weighted by atomic mass is 32.2. The number of ether oxygens (including phenoxy) is 1. The zero-order chi connectivity index (χ0) is 19.8. The van der Waals surface area contributed by atoms with Gasteiger partial charge in [-0.1, -0.05) is 23.8 Å². The van der Waals surface area contributed by atoms with Gasteiger partial charge < -0.3 is 4.74 Å². The third-order valence-corrected chi connectivity index (χ3v) is 4.75. The van der Waals surface area contributed by atoms with Crippen LogP contribution in [0, 0.1) is 6.92 Å². The molecule has 0 aliphatic rings. The van der Waals surface area contributed by atoms with Crippen LogP contribution in [0.1, 0.15) is 28.8 Å². The Bertz CT molecular complexity index is 862. The predicted octanol–water partition coefficient (Wildman–Crippen LogP) is 1.08. The molecule has 0 amide bonds. The number of benzene rings is 1. The summed E-state index contributed by atoms with van der Waals surface area (Å²) in [6.45, 7) is 1.69. The van der Waals surface area contributed by atoms with Crippen molar-refractivity contribution in [3.05, 3.63) is 41.5 Å². The van der Waals surface area contributed by atoms with Crippen molar-refractivity contribution in [2.75, 3.05) is 24.2 Å². The van der Waals surface area contributed by atoms with E-state index in [9.17, 15) is 21.6 Å². The minimum Gasteiger partial charge on any atom is -0.465 e. The Morgan fingerprint density at radius 1 is 1.23 bits per heavy atom. The molecule has 0 spiro atoms. The summed E-state index contributed by atoms with van der Waals surface area (Å²) in [5, 5.41) is 4.67. The first-order valence-corrected chi connectivity index (χ1v) is 10.7. The van der Waals surface area contributed by atoms with Gasteiger partial charge in [0.2, 0.25) is 10.0 Å². The number of esters is 1. The number of allylic oxidation sites excluding steroid dienone is 1. The lowest BCUT2D eigenvalue weighted by molar-refractivity contribution is 0.0602. The van der Waals surface area contributed by atoms with Gasteiger partial charge in [-0.25, -0.2) is 18.4 Å². The van der Waals surface area contributed by atoms with Crippen LogP contribution in [0.5, 0.6) is 0 Å². The van der Waals surface area contributed by atoms with Crippen LogP contribution < -0.4 is 9.86 Å². The third-order valence-electron chi connectivity index (χ3n) is 3.09. The molecule has 0 fully saturated rings. The molecule has 11 heteroatoms. The molecule has 0 heterocycles. The standard InChI is InChI=1S/C15H22N2O7S2/c1-12-7-8-14(13(11-12)15(18)23-2)17-25(19,20)10-6-4-3-5-9-24-26(16,21)22/h4,6-8,11,17H,3,5,9-10H2,1-2H3,(H2,16,21,22)/b6-4+. The van der Waals surface area contributed by atoms with E-state index >= 15 is 0 Å². The van der Waals surface area contributed by atoms with Gasteiger partial charge >= 0.3 is 16.3 Å². The van der Waals surface area contributed by atoms with E-state index in [1.54, 1.807) is 19.1 Å². The van der Waals surface area contributed by atoms with E-state index in [1.165, 1.54) is 25.3 Å². The van der Waals surface area contributed by atoms with E-state index in [0.29, 0.717) is 12.8 Å². The Hall–Kier alpha value is -1.95. The van der Waals surface area contributed by atoms with E-state index in [-0.39, 0.29) is 23.6 Å². The molecule has 1 rings (SSSR count). The normalized spacial score (nSPS) is 12.3. The van der Waals surface area contributed by atoms with Crippen molar-refractivity contribution in [2.45, 2.75) is 19.8 Å². The molecule has 3 N–H and O–H groups in total. The van der Waals surface area contributed by atoms with E-state index < -0.39 is 26.3 Å². The number of carbonyl (C=O) groups is 1. The SMILES string of the molecule is COC(=O)c1cc(C)ccc1NS(=O)(=O)C/C=C/CCCOS(N)(=O)=O. The molecule has 0 bridgehead atoms. The summed E-state index contributed by atoms with van der Waals surface area (Å²) in [6, 6.07) is 4.70. The fourth-order valence-electron chi connectivity index (χ4n) is 1.92. The summed E-state index contributed by atoms with van der Waals surface area (Å²) in [5.41, 5.74) is 1.05. The number of unbranched alkanes of at least 4 members (excludes halogenated alkanes) is 1. The maximum Gasteiger partial charge on any atom is 0.340 e. The van der Waals surface area contributed by atoms with Crippen LogP contribution in [-0.4, -0.2) is 42.3 Å². The quantitative estimate of drug-likeness (QED) is 0.336. The van der Waals surface area contributed by atoms with E-state index in [1.807, 2.05) is 0 Å². The van der Waals surface area contributed by atoms with E-state index in [4.69, 9.17) is 0 Å². The second-order valence-electron chi connectivity index (χ2n) is 5.35. The van der Waals surface area contributed by atoms with Crippen LogP contribution in [0.2, 0.25) is 0 Å². The average Bonchev–Trinajstić information content (AvgIpc) is 2.53. The van der Waals surface area contributed by atoms with Crippen LogP contribution in [0.4, 0.5) is 5.69 Å². The van der Waals surface area contributed by atoms with E-state index in [2.05, 4.69) is 18.8 Å².